The van der Waals surface area contributed by atoms with E-state index in [1.54, 1.807) is 12.1 Å². The van der Waals surface area contributed by atoms with Crippen LogP contribution in [-0.4, -0.2) is 44.6 Å². The lowest BCUT2D eigenvalue weighted by Crippen LogP contribution is -2.38. The number of fused-ring (bicyclic) bond motifs is 1. The van der Waals surface area contributed by atoms with Gasteiger partial charge in [-0.2, -0.15) is 5.10 Å². The molecule has 5 nitrogen and oxygen atoms in total. The van der Waals surface area contributed by atoms with Gasteiger partial charge in [0, 0.05) is 37.5 Å². The Morgan fingerprint density at radius 2 is 2.06 bits per heavy atom. The summed E-state index contributed by atoms with van der Waals surface area (Å²) in [5.41, 5.74) is 4.08. The maximum Gasteiger partial charge on any atom is 0.223 e. The normalized spacial score (nSPS) is 17.2. The van der Waals surface area contributed by atoms with Crippen LogP contribution in [0.3, 0.4) is 0 Å². The first kappa shape index (κ1) is 23.0. The first-order valence-electron chi connectivity index (χ1n) is 12.3. The highest BCUT2D eigenvalue weighted by molar-refractivity contribution is 5.76. The molecule has 0 spiro atoms. The second kappa shape index (κ2) is 10.2. The Hall–Kier alpha value is -2.21. The van der Waals surface area contributed by atoms with Crippen LogP contribution in [0.1, 0.15) is 76.2 Å². The summed E-state index contributed by atoms with van der Waals surface area (Å²) in [7, 11) is 0. The van der Waals surface area contributed by atoms with Gasteiger partial charge in [-0.15, -0.1) is 0 Å². The lowest BCUT2D eigenvalue weighted by atomic mass is 10.0. The van der Waals surface area contributed by atoms with E-state index in [1.807, 2.05) is 15.6 Å². The monoisotopic (exact) mass is 440 g/mol. The minimum absolute atomic E-state index is 0.120. The third-order valence-corrected chi connectivity index (χ3v) is 7.01. The number of carbonyl (C=O) groups excluding carboxylic acids is 1. The van der Waals surface area contributed by atoms with Gasteiger partial charge in [0.25, 0.3) is 0 Å². The number of hydrogen-bond donors (Lipinski definition) is 0. The lowest BCUT2D eigenvalue weighted by molar-refractivity contribution is -0.134. The van der Waals surface area contributed by atoms with E-state index >= 15 is 0 Å². The summed E-state index contributed by atoms with van der Waals surface area (Å²) in [6.07, 6.45) is 7.49. The highest BCUT2D eigenvalue weighted by atomic mass is 19.1. The molecule has 0 unspecified atom stereocenters. The van der Waals surface area contributed by atoms with E-state index in [0.717, 1.165) is 49.6 Å². The number of aromatic nitrogens is 2. The molecule has 1 aliphatic heterocycles. The van der Waals surface area contributed by atoms with E-state index in [4.69, 9.17) is 5.10 Å². The fraction of sp³-hybridized carbons (Fsp3) is 0.615. The summed E-state index contributed by atoms with van der Waals surface area (Å²) in [5, 5.41) is 4.96. The quantitative estimate of drug-likeness (QED) is 0.574. The highest BCUT2D eigenvalue weighted by Crippen LogP contribution is 2.30. The molecule has 2 aromatic rings. The van der Waals surface area contributed by atoms with Gasteiger partial charge in [0.15, 0.2) is 0 Å². The summed E-state index contributed by atoms with van der Waals surface area (Å²) in [6, 6.07) is 6.77. The van der Waals surface area contributed by atoms with Crippen molar-refractivity contribution in [2.24, 2.45) is 5.92 Å². The van der Waals surface area contributed by atoms with Crippen molar-refractivity contribution in [3.05, 3.63) is 47.0 Å². The average Bonchev–Trinajstić information content (AvgIpc) is 3.39. The first-order chi connectivity index (χ1) is 15.5. The molecule has 6 heteroatoms. The maximum atomic E-state index is 14.0. The highest BCUT2D eigenvalue weighted by Gasteiger charge is 2.29. The van der Waals surface area contributed by atoms with Crippen molar-refractivity contribution in [3.63, 3.8) is 0 Å². The molecule has 1 amide bonds. The molecule has 0 saturated heterocycles. The van der Waals surface area contributed by atoms with Gasteiger partial charge in [0.2, 0.25) is 5.91 Å². The van der Waals surface area contributed by atoms with E-state index in [1.165, 1.54) is 37.3 Å². The molecule has 1 saturated carbocycles. The molecule has 2 heterocycles. The summed E-state index contributed by atoms with van der Waals surface area (Å²) >= 11 is 0. The van der Waals surface area contributed by atoms with Crippen LogP contribution in [0.2, 0.25) is 0 Å². The largest absolute Gasteiger partial charge is 0.334 e. The van der Waals surface area contributed by atoms with Gasteiger partial charge in [-0.05, 0) is 63.8 Å². The second-order valence-corrected chi connectivity index (χ2v) is 9.76. The van der Waals surface area contributed by atoms with Gasteiger partial charge < -0.3 is 4.90 Å². The Kier molecular flexibility index (Phi) is 7.29. The van der Waals surface area contributed by atoms with Gasteiger partial charge in [0.1, 0.15) is 5.82 Å². The van der Waals surface area contributed by atoms with Crippen molar-refractivity contribution >= 4 is 5.91 Å². The predicted molar refractivity (Wildman–Crippen MR) is 125 cm³/mol. The summed E-state index contributed by atoms with van der Waals surface area (Å²) < 4.78 is 15.9. The molecule has 174 valence electrons. The van der Waals surface area contributed by atoms with E-state index < -0.39 is 0 Å². The molecule has 1 aromatic carbocycles. The van der Waals surface area contributed by atoms with Gasteiger partial charge >= 0.3 is 0 Å². The lowest BCUT2D eigenvalue weighted by Gasteiger charge is -2.30. The molecule has 4 rings (SSSR count). The number of hydrogen-bond acceptors (Lipinski definition) is 3. The van der Waals surface area contributed by atoms with E-state index in [2.05, 4.69) is 25.7 Å². The van der Waals surface area contributed by atoms with Crippen LogP contribution in [0.4, 0.5) is 4.39 Å². The smallest absolute Gasteiger partial charge is 0.223 e. The van der Waals surface area contributed by atoms with Crippen molar-refractivity contribution in [2.45, 2.75) is 84.8 Å². The number of benzene rings is 1. The Labute approximate surface area is 191 Å². The molecular formula is C26H37FN4O. The van der Waals surface area contributed by atoms with Crippen LogP contribution in [0.15, 0.2) is 24.3 Å². The standard InChI is InChI=1S/C26H37FN4O/c1-4-13-29-14-12-25-23(17-29)24(28-31(25)22-11-7-10-21(27)16-22)18-30(19(2)3)26(32)15-20-8-5-6-9-20/h7,10-11,16,19-20H,4-6,8-9,12-15,17-18H2,1-3H3. The Morgan fingerprint density at radius 3 is 2.75 bits per heavy atom. The second-order valence-electron chi connectivity index (χ2n) is 9.76. The molecular weight excluding hydrogens is 403 g/mol. The minimum Gasteiger partial charge on any atom is -0.334 e. The molecule has 1 fully saturated rings. The minimum atomic E-state index is -0.257. The predicted octanol–water partition coefficient (Wildman–Crippen LogP) is 5.10. The SMILES string of the molecule is CCCN1CCc2c(c(CN(C(=O)CC3CCCC3)C(C)C)nn2-c2cccc(F)c2)C1. The fourth-order valence-electron chi connectivity index (χ4n) is 5.30. The number of nitrogens with zero attached hydrogens (tertiary/aromatic N) is 4. The van der Waals surface area contributed by atoms with Gasteiger partial charge in [-0.3, -0.25) is 9.69 Å². The molecule has 2 aliphatic rings. The van der Waals surface area contributed by atoms with Crippen LogP contribution in [-0.2, 0) is 24.3 Å². The van der Waals surface area contributed by atoms with Crippen molar-refractivity contribution < 1.29 is 9.18 Å². The molecule has 0 bridgehead atoms. The topological polar surface area (TPSA) is 41.4 Å². The maximum absolute atomic E-state index is 14.0. The number of amides is 1. The third kappa shape index (κ3) is 5.06. The van der Waals surface area contributed by atoms with Crippen LogP contribution < -0.4 is 0 Å². The van der Waals surface area contributed by atoms with E-state index in [-0.39, 0.29) is 17.8 Å². The van der Waals surface area contributed by atoms with Crippen LogP contribution in [0.5, 0.6) is 0 Å². The molecule has 1 aromatic heterocycles. The molecule has 0 atom stereocenters. The Balaban J connectivity index is 1.64. The van der Waals surface area contributed by atoms with Crippen molar-refractivity contribution in [3.8, 4) is 5.69 Å². The fourth-order valence-corrected chi connectivity index (χ4v) is 5.30. The van der Waals surface area contributed by atoms with Crippen LogP contribution in [0, 0.1) is 11.7 Å². The first-order valence-corrected chi connectivity index (χ1v) is 12.3. The van der Waals surface area contributed by atoms with Crippen molar-refractivity contribution in [1.29, 1.82) is 0 Å². The van der Waals surface area contributed by atoms with E-state index in [0.29, 0.717) is 18.9 Å². The number of carbonyl (C=O) groups is 1. The van der Waals surface area contributed by atoms with Crippen LogP contribution in [0.25, 0.3) is 5.69 Å². The number of rotatable bonds is 8. The van der Waals surface area contributed by atoms with Gasteiger partial charge in [-0.1, -0.05) is 25.8 Å². The number of halogens is 1. The summed E-state index contributed by atoms with van der Waals surface area (Å²) in [6.45, 7) is 9.78. The van der Waals surface area contributed by atoms with Crippen LogP contribution >= 0.6 is 0 Å². The summed E-state index contributed by atoms with van der Waals surface area (Å²) in [4.78, 5) is 17.7. The molecule has 0 N–H and O–H groups in total. The molecule has 1 aliphatic carbocycles. The van der Waals surface area contributed by atoms with Gasteiger partial charge in [0.05, 0.1) is 23.6 Å². The molecule has 32 heavy (non-hydrogen) atoms. The van der Waals surface area contributed by atoms with Gasteiger partial charge in [-0.25, -0.2) is 9.07 Å². The van der Waals surface area contributed by atoms with E-state index in [9.17, 15) is 9.18 Å². The zero-order valence-electron chi connectivity index (χ0n) is 19.8. The Morgan fingerprint density at radius 1 is 1.28 bits per heavy atom. The van der Waals surface area contributed by atoms with Crippen molar-refractivity contribution in [2.75, 3.05) is 13.1 Å². The average molecular weight is 441 g/mol. The molecule has 0 radical (unpaired) electrons. The third-order valence-electron chi connectivity index (χ3n) is 7.01. The zero-order chi connectivity index (χ0) is 22.7. The zero-order valence-corrected chi connectivity index (χ0v) is 19.8. The Bertz CT molecular complexity index is 932. The van der Waals surface area contributed by atoms with Crippen molar-refractivity contribution in [1.82, 2.24) is 19.6 Å². The summed E-state index contributed by atoms with van der Waals surface area (Å²) in [5.74, 6) is 0.511.